The standard InChI is InChI=1S/C8H12N6S/c1-13(2)8-11-6(12-15-8)5-14-4-3-10-7(14)9/h3-4H,5H2,1-2H3,(H2,9,10). The molecule has 2 rings (SSSR count). The van der Waals surface area contributed by atoms with Gasteiger partial charge in [-0.05, 0) is 0 Å². The number of aromatic nitrogens is 4. The van der Waals surface area contributed by atoms with Crippen molar-refractivity contribution in [3.05, 3.63) is 18.2 Å². The fourth-order valence-electron chi connectivity index (χ4n) is 1.12. The van der Waals surface area contributed by atoms with Crippen LogP contribution < -0.4 is 10.6 Å². The Hall–Kier alpha value is -1.63. The summed E-state index contributed by atoms with van der Waals surface area (Å²) in [7, 11) is 3.88. The number of nitrogens with zero attached hydrogens (tertiary/aromatic N) is 5. The first-order valence-electron chi connectivity index (χ1n) is 4.43. The van der Waals surface area contributed by atoms with Gasteiger partial charge >= 0.3 is 0 Å². The predicted octanol–water partition coefficient (Wildman–Crippen LogP) is 0.431. The van der Waals surface area contributed by atoms with Gasteiger partial charge in [0.05, 0.1) is 6.54 Å². The van der Waals surface area contributed by atoms with Crippen LogP contribution in [0.4, 0.5) is 11.1 Å². The predicted molar refractivity (Wildman–Crippen MR) is 60.0 cm³/mol. The zero-order valence-corrected chi connectivity index (χ0v) is 9.40. The van der Waals surface area contributed by atoms with Crippen molar-refractivity contribution >= 4 is 22.6 Å². The van der Waals surface area contributed by atoms with Gasteiger partial charge in [0.1, 0.15) is 0 Å². The van der Waals surface area contributed by atoms with Crippen LogP contribution in [0.5, 0.6) is 0 Å². The highest BCUT2D eigenvalue weighted by molar-refractivity contribution is 7.09. The number of anilines is 2. The summed E-state index contributed by atoms with van der Waals surface area (Å²) < 4.78 is 6.05. The highest BCUT2D eigenvalue weighted by atomic mass is 32.1. The fourth-order valence-corrected chi connectivity index (χ4v) is 1.71. The number of hydrogen-bond acceptors (Lipinski definition) is 6. The van der Waals surface area contributed by atoms with Crippen LogP contribution in [-0.2, 0) is 6.54 Å². The largest absolute Gasteiger partial charge is 0.369 e. The minimum absolute atomic E-state index is 0.483. The lowest BCUT2D eigenvalue weighted by Gasteiger charge is -2.04. The molecule has 6 nitrogen and oxygen atoms in total. The Balaban J connectivity index is 2.15. The lowest BCUT2D eigenvalue weighted by atomic mass is 10.6. The monoisotopic (exact) mass is 224 g/mol. The van der Waals surface area contributed by atoms with Crippen LogP contribution in [0.1, 0.15) is 5.82 Å². The third kappa shape index (κ3) is 2.07. The lowest BCUT2D eigenvalue weighted by molar-refractivity contribution is 0.768. The molecule has 2 aromatic rings. The zero-order valence-electron chi connectivity index (χ0n) is 8.58. The molecule has 80 valence electrons. The van der Waals surface area contributed by atoms with Crippen LogP contribution in [0.2, 0.25) is 0 Å². The SMILES string of the molecule is CN(C)c1nc(Cn2ccnc2N)ns1. The molecule has 0 aliphatic carbocycles. The van der Waals surface area contributed by atoms with Crippen LogP contribution in [0, 0.1) is 0 Å². The molecule has 0 atom stereocenters. The van der Waals surface area contributed by atoms with Gasteiger partial charge in [-0.2, -0.15) is 4.37 Å². The molecule has 0 aliphatic heterocycles. The summed E-state index contributed by atoms with van der Waals surface area (Å²) in [6, 6.07) is 0. The van der Waals surface area contributed by atoms with Crippen molar-refractivity contribution in [2.24, 2.45) is 0 Å². The summed E-state index contributed by atoms with van der Waals surface area (Å²) >= 11 is 1.38. The summed E-state index contributed by atoms with van der Waals surface area (Å²) in [6.07, 6.45) is 3.47. The van der Waals surface area contributed by atoms with Crippen molar-refractivity contribution < 1.29 is 0 Å². The van der Waals surface area contributed by atoms with E-state index in [0.29, 0.717) is 12.5 Å². The molecule has 2 heterocycles. The van der Waals surface area contributed by atoms with Crippen molar-refractivity contribution in [3.63, 3.8) is 0 Å². The smallest absolute Gasteiger partial charge is 0.204 e. The topological polar surface area (TPSA) is 72.9 Å². The lowest BCUT2D eigenvalue weighted by Crippen LogP contribution is -2.09. The summed E-state index contributed by atoms with van der Waals surface area (Å²) in [4.78, 5) is 10.2. The highest BCUT2D eigenvalue weighted by Gasteiger charge is 2.07. The number of rotatable bonds is 3. The minimum atomic E-state index is 0.483. The molecular formula is C8H12N6S. The minimum Gasteiger partial charge on any atom is -0.369 e. The second-order valence-electron chi connectivity index (χ2n) is 3.30. The van der Waals surface area contributed by atoms with E-state index in [-0.39, 0.29) is 0 Å². The molecule has 7 heteroatoms. The van der Waals surface area contributed by atoms with Gasteiger partial charge in [-0.1, -0.05) is 0 Å². The normalized spacial score (nSPS) is 10.5. The Morgan fingerprint density at radius 1 is 1.53 bits per heavy atom. The van der Waals surface area contributed by atoms with E-state index in [1.165, 1.54) is 11.5 Å². The summed E-state index contributed by atoms with van der Waals surface area (Å²) in [6.45, 7) is 0.566. The van der Waals surface area contributed by atoms with E-state index in [1.807, 2.05) is 29.8 Å². The molecule has 0 bridgehead atoms. The second-order valence-corrected chi connectivity index (χ2v) is 4.03. The molecule has 0 radical (unpaired) electrons. The molecule has 0 saturated carbocycles. The fraction of sp³-hybridized carbons (Fsp3) is 0.375. The molecule has 0 spiro atoms. The zero-order chi connectivity index (χ0) is 10.8. The number of imidazole rings is 1. The molecule has 0 unspecified atom stereocenters. The molecular weight excluding hydrogens is 212 g/mol. The summed E-state index contributed by atoms with van der Waals surface area (Å²) in [5, 5.41) is 0.892. The van der Waals surface area contributed by atoms with Crippen LogP contribution in [0.3, 0.4) is 0 Å². The first kappa shape index (κ1) is 9.91. The van der Waals surface area contributed by atoms with Gasteiger partial charge in [0.2, 0.25) is 11.1 Å². The maximum Gasteiger partial charge on any atom is 0.204 e. The third-order valence-corrected chi connectivity index (χ3v) is 2.82. The highest BCUT2D eigenvalue weighted by Crippen LogP contribution is 2.15. The number of nitrogens with two attached hydrogens (primary N) is 1. The van der Waals surface area contributed by atoms with E-state index < -0.39 is 0 Å². The van der Waals surface area contributed by atoms with Crippen LogP contribution in [0.25, 0.3) is 0 Å². The maximum absolute atomic E-state index is 5.64. The first-order valence-corrected chi connectivity index (χ1v) is 5.20. The van der Waals surface area contributed by atoms with Crippen molar-refractivity contribution in [3.8, 4) is 0 Å². The average molecular weight is 224 g/mol. The van der Waals surface area contributed by atoms with E-state index >= 15 is 0 Å². The van der Waals surface area contributed by atoms with Gasteiger partial charge in [0.15, 0.2) is 5.82 Å². The van der Waals surface area contributed by atoms with Crippen LogP contribution in [0.15, 0.2) is 12.4 Å². The Morgan fingerprint density at radius 3 is 2.87 bits per heavy atom. The average Bonchev–Trinajstić information content (AvgIpc) is 2.77. The van der Waals surface area contributed by atoms with E-state index in [4.69, 9.17) is 5.73 Å². The first-order chi connectivity index (χ1) is 7.16. The van der Waals surface area contributed by atoms with Gasteiger partial charge < -0.3 is 15.2 Å². The summed E-state index contributed by atoms with van der Waals surface area (Å²) in [5.41, 5.74) is 5.64. The maximum atomic E-state index is 5.64. The molecule has 0 aliphatic rings. The van der Waals surface area contributed by atoms with Crippen molar-refractivity contribution in [1.29, 1.82) is 0 Å². The second kappa shape index (κ2) is 3.85. The Morgan fingerprint density at radius 2 is 2.33 bits per heavy atom. The number of nitrogen functional groups attached to an aromatic ring is 1. The van der Waals surface area contributed by atoms with E-state index in [0.717, 1.165) is 11.0 Å². The van der Waals surface area contributed by atoms with Gasteiger partial charge in [-0.3, -0.25) is 0 Å². The van der Waals surface area contributed by atoms with Gasteiger partial charge in [0.25, 0.3) is 0 Å². The van der Waals surface area contributed by atoms with E-state index in [2.05, 4.69) is 14.3 Å². The van der Waals surface area contributed by atoms with Gasteiger partial charge in [-0.15, -0.1) is 0 Å². The molecule has 0 fully saturated rings. The van der Waals surface area contributed by atoms with E-state index in [1.54, 1.807) is 6.20 Å². The molecule has 2 N–H and O–H groups in total. The van der Waals surface area contributed by atoms with Crippen LogP contribution >= 0.6 is 11.5 Å². The molecule has 0 aromatic carbocycles. The Kier molecular flexibility index (Phi) is 2.55. The Labute approximate surface area is 91.5 Å². The molecule has 0 amide bonds. The van der Waals surface area contributed by atoms with E-state index in [9.17, 15) is 0 Å². The van der Waals surface area contributed by atoms with Crippen molar-refractivity contribution in [2.75, 3.05) is 24.7 Å². The van der Waals surface area contributed by atoms with Gasteiger partial charge in [0, 0.05) is 38.0 Å². The third-order valence-electron chi connectivity index (χ3n) is 1.90. The molecule has 0 saturated heterocycles. The molecule has 15 heavy (non-hydrogen) atoms. The van der Waals surface area contributed by atoms with Gasteiger partial charge in [-0.25, -0.2) is 9.97 Å². The number of hydrogen-bond donors (Lipinski definition) is 1. The van der Waals surface area contributed by atoms with Crippen LogP contribution in [-0.4, -0.2) is 33.0 Å². The Bertz CT molecular complexity index is 445. The van der Waals surface area contributed by atoms with Crippen molar-refractivity contribution in [1.82, 2.24) is 18.9 Å². The van der Waals surface area contributed by atoms with Crippen molar-refractivity contribution in [2.45, 2.75) is 6.54 Å². The quantitative estimate of drug-likeness (QED) is 0.818. The molecule has 2 aromatic heterocycles. The summed E-state index contributed by atoms with van der Waals surface area (Å²) in [5.74, 6) is 1.24.